The topological polar surface area (TPSA) is 4.93 Å². The van der Waals surface area contributed by atoms with E-state index in [1.807, 2.05) is 0 Å². The first-order chi connectivity index (χ1) is 9.42. The SMILES string of the molecule is C1=CC2=C(C1)Cc1cccc3c1B2n1cccc1C3. The zero-order chi connectivity index (χ0) is 12.4. The van der Waals surface area contributed by atoms with E-state index in [9.17, 15) is 0 Å². The Hall–Kier alpha value is -1.96. The number of allylic oxidation sites excluding steroid dienone is 4. The monoisotopic (exact) mass is 243 g/mol. The van der Waals surface area contributed by atoms with Crippen molar-refractivity contribution >= 4 is 12.3 Å². The normalized spacial score (nSPS) is 18.4. The Balaban J connectivity index is 1.86. The first-order valence-electron chi connectivity index (χ1n) is 7.06. The van der Waals surface area contributed by atoms with E-state index >= 15 is 0 Å². The maximum atomic E-state index is 2.48. The van der Waals surface area contributed by atoms with Gasteiger partial charge in [0.15, 0.2) is 0 Å². The zero-order valence-electron chi connectivity index (χ0n) is 10.8. The van der Waals surface area contributed by atoms with E-state index in [0.29, 0.717) is 6.85 Å². The van der Waals surface area contributed by atoms with Crippen LogP contribution in [0.3, 0.4) is 0 Å². The van der Waals surface area contributed by atoms with E-state index in [0.717, 1.165) is 19.3 Å². The summed E-state index contributed by atoms with van der Waals surface area (Å²) < 4.78 is 2.48. The van der Waals surface area contributed by atoms with Gasteiger partial charge in [0.25, 0.3) is 0 Å². The maximum absolute atomic E-state index is 2.48. The van der Waals surface area contributed by atoms with Gasteiger partial charge in [-0.25, -0.2) is 0 Å². The molecule has 1 aromatic carbocycles. The minimum atomic E-state index is 0.437. The first-order valence-corrected chi connectivity index (χ1v) is 7.06. The van der Waals surface area contributed by atoms with Crippen molar-refractivity contribution in [1.82, 2.24) is 4.48 Å². The lowest BCUT2D eigenvalue weighted by Crippen LogP contribution is -2.49. The highest BCUT2D eigenvalue weighted by atomic mass is 14.9. The van der Waals surface area contributed by atoms with Crippen LogP contribution < -0.4 is 5.46 Å². The number of hydrogen-bond acceptors (Lipinski definition) is 0. The molecular formula is C17H14BN. The summed E-state index contributed by atoms with van der Waals surface area (Å²) in [6.07, 6.45) is 10.3. The van der Waals surface area contributed by atoms with Crippen molar-refractivity contribution in [3.63, 3.8) is 0 Å². The van der Waals surface area contributed by atoms with Gasteiger partial charge < -0.3 is 4.48 Å². The summed E-state index contributed by atoms with van der Waals surface area (Å²) in [4.78, 5) is 0. The second-order valence-electron chi connectivity index (χ2n) is 5.82. The molecule has 0 N–H and O–H groups in total. The Bertz CT molecular complexity index is 763. The molecule has 90 valence electrons. The molecule has 0 spiro atoms. The van der Waals surface area contributed by atoms with Crippen LogP contribution in [-0.2, 0) is 12.8 Å². The molecule has 3 aliphatic rings. The third kappa shape index (κ3) is 1.17. The molecule has 3 heterocycles. The van der Waals surface area contributed by atoms with Crippen LogP contribution >= 0.6 is 0 Å². The van der Waals surface area contributed by atoms with Crippen molar-refractivity contribution in [3.05, 3.63) is 76.5 Å². The van der Waals surface area contributed by atoms with Crippen molar-refractivity contribution in [2.45, 2.75) is 19.3 Å². The fraction of sp³-hybridized carbons (Fsp3) is 0.176. The third-order valence-electron chi connectivity index (χ3n) is 4.85. The third-order valence-corrected chi connectivity index (χ3v) is 4.85. The summed E-state index contributed by atoms with van der Waals surface area (Å²) in [5.74, 6) is 0. The highest BCUT2D eigenvalue weighted by Gasteiger charge is 2.37. The van der Waals surface area contributed by atoms with Crippen LogP contribution in [0.5, 0.6) is 0 Å². The Morgan fingerprint density at radius 1 is 1.00 bits per heavy atom. The Morgan fingerprint density at radius 3 is 2.84 bits per heavy atom. The molecule has 2 heteroatoms. The van der Waals surface area contributed by atoms with Gasteiger partial charge in [0.05, 0.1) is 0 Å². The minimum Gasteiger partial charge on any atom is -0.386 e. The second kappa shape index (κ2) is 3.33. The molecule has 2 aliphatic heterocycles. The molecule has 0 atom stereocenters. The van der Waals surface area contributed by atoms with Crippen LogP contribution in [0.2, 0.25) is 0 Å². The largest absolute Gasteiger partial charge is 0.386 e. The molecule has 0 unspecified atom stereocenters. The average Bonchev–Trinajstić information content (AvgIpc) is 3.05. The van der Waals surface area contributed by atoms with Crippen molar-refractivity contribution in [1.29, 1.82) is 0 Å². The van der Waals surface area contributed by atoms with Gasteiger partial charge in [-0.15, -0.1) is 0 Å². The molecular weight excluding hydrogens is 229 g/mol. The molecule has 19 heavy (non-hydrogen) atoms. The molecule has 0 bridgehead atoms. The summed E-state index contributed by atoms with van der Waals surface area (Å²) in [6.45, 7) is 0.437. The Labute approximate surface area is 113 Å². The average molecular weight is 243 g/mol. The fourth-order valence-electron chi connectivity index (χ4n) is 4.05. The lowest BCUT2D eigenvalue weighted by Gasteiger charge is -2.33. The van der Waals surface area contributed by atoms with Gasteiger partial charge in [-0.2, -0.15) is 0 Å². The predicted molar refractivity (Wildman–Crippen MR) is 79.0 cm³/mol. The quantitative estimate of drug-likeness (QED) is 0.626. The number of hydrogen-bond donors (Lipinski definition) is 0. The number of aromatic nitrogens is 1. The van der Waals surface area contributed by atoms with E-state index < -0.39 is 0 Å². The molecule has 0 amide bonds. The van der Waals surface area contributed by atoms with Crippen molar-refractivity contribution < 1.29 is 0 Å². The molecule has 0 saturated carbocycles. The number of benzene rings is 1. The lowest BCUT2D eigenvalue weighted by molar-refractivity contribution is 0.979. The molecule has 1 nitrogen and oxygen atoms in total. The Morgan fingerprint density at radius 2 is 1.89 bits per heavy atom. The van der Waals surface area contributed by atoms with Crippen molar-refractivity contribution in [2.75, 3.05) is 0 Å². The number of nitrogens with zero attached hydrogens (tertiary/aromatic N) is 1. The lowest BCUT2D eigenvalue weighted by atomic mass is 9.43. The van der Waals surface area contributed by atoms with Crippen LogP contribution in [0.25, 0.3) is 0 Å². The van der Waals surface area contributed by atoms with Gasteiger partial charge in [0.1, 0.15) is 0 Å². The van der Waals surface area contributed by atoms with Crippen LogP contribution in [0.15, 0.2) is 59.7 Å². The van der Waals surface area contributed by atoms with Crippen LogP contribution in [-0.4, -0.2) is 11.3 Å². The highest BCUT2D eigenvalue weighted by molar-refractivity contribution is 6.80. The molecule has 1 aromatic heterocycles. The summed E-state index contributed by atoms with van der Waals surface area (Å²) in [5.41, 5.74) is 9.28. The van der Waals surface area contributed by atoms with Gasteiger partial charge >= 0.3 is 6.85 Å². The van der Waals surface area contributed by atoms with Crippen molar-refractivity contribution in [2.24, 2.45) is 0 Å². The van der Waals surface area contributed by atoms with E-state index in [1.165, 1.54) is 11.3 Å². The molecule has 1 aliphatic carbocycles. The van der Waals surface area contributed by atoms with Gasteiger partial charge in [0, 0.05) is 12.1 Å². The van der Waals surface area contributed by atoms with Crippen LogP contribution in [0, 0.1) is 0 Å². The maximum Gasteiger partial charge on any atom is 0.328 e. The van der Waals surface area contributed by atoms with E-state index in [-0.39, 0.29) is 0 Å². The van der Waals surface area contributed by atoms with Gasteiger partial charge in [-0.3, -0.25) is 0 Å². The zero-order valence-corrected chi connectivity index (χ0v) is 10.8. The Kier molecular flexibility index (Phi) is 1.73. The van der Waals surface area contributed by atoms with E-state index in [2.05, 4.69) is 53.2 Å². The molecule has 5 rings (SSSR count). The minimum absolute atomic E-state index is 0.437. The predicted octanol–water partition coefficient (Wildman–Crippen LogP) is 2.49. The number of rotatable bonds is 0. The molecule has 0 fully saturated rings. The van der Waals surface area contributed by atoms with Crippen LogP contribution in [0.4, 0.5) is 0 Å². The molecule has 0 radical (unpaired) electrons. The molecule has 2 aromatic rings. The highest BCUT2D eigenvalue weighted by Crippen LogP contribution is 2.33. The molecule has 0 saturated heterocycles. The summed E-state index contributed by atoms with van der Waals surface area (Å²) >= 11 is 0. The standard InChI is InChI=1S/C17H14BN/c1-5-13-10-12-4-2-8-16(12)18-17(13)14(6-1)11-15-7-3-9-19(15)18/h1-3,5-9H,4,10-11H2. The van der Waals surface area contributed by atoms with Gasteiger partial charge in [-0.1, -0.05) is 41.4 Å². The van der Waals surface area contributed by atoms with E-state index in [1.54, 1.807) is 22.1 Å². The second-order valence-corrected chi connectivity index (χ2v) is 5.82. The van der Waals surface area contributed by atoms with Crippen LogP contribution in [0.1, 0.15) is 23.2 Å². The van der Waals surface area contributed by atoms with Gasteiger partial charge in [-0.05, 0) is 47.8 Å². The summed E-state index contributed by atoms with van der Waals surface area (Å²) in [5, 5.41) is 0. The van der Waals surface area contributed by atoms with Gasteiger partial charge in [0.2, 0.25) is 0 Å². The smallest absolute Gasteiger partial charge is 0.328 e. The first kappa shape index (κ1) is 9.91. The van der Waals surface area contributed by atoms with Crippen molar-refractivity contribution in [3.8, 4) is 0 Å². The number of fused-ring (bicyclic) bond motifs is 3. The summed E-state index contributed by atoms with van der Waals surface area (Å²) in [7, 11) is 0. The van der Waals surface area contributed by atoms with E-state index in [4.69, 9.17) is 0 Å². The fourth-order valence-corrected chi connectivity index (χ4v) is 4.05. The summed E-state index contributed by atoms with van der Waals surface area (Å²) in [6, 6.07) is 11.3.